The number of carbonyl (C=O) groups is 1. The quantitative estimate of drug-likeness (QED) is 0.315. The Labute approximate surface area is 195 Å². The van der Waals surface area contributed by atoms with Crippen molar-refractivity contribution < 1.29 is 9.72 Å². The Balaban J connectivity index is 1.28. The molecule has 2 aromatic heterocycles. The highest BCUT2D eigenvalue weighted by Gasteiger charge is 2.30. The lowest BCUT2D eigenvalue weighted by atomic mass is 10.1. The number of nitro benzene ring substituents is 1. The van der Waals surface area contributed by atoms with Gasteiger partial charge in [0, 0.05) is 55.2 Å². The van der Waals surface area contributed by atoms with Gasteiger partial charge < -0.3 is 9.80 Å². The topological polar surface area (TPSA) is 92.5 Å². The number of carbonyl (C=O) groups excluding carboxylic acids is 1. The second-order valence-corrected chi connectivity index (χ2v) is 9.84. The number of thiophene rings is 1. The van der Waals surface area contributed by atoms with Gasteiger partial charge >= 0.3 is 0 Å². The monoisotopic (exact) mass is 463 g/mol. The number of amides is 1. The lowest BCUT2D eigenvalue weighted by Crippen LogP contribution is -2.48. The molecule has 33 heavy (non-hydrogen) atoms. The van der Waals surface area contributed by atoms with Crippen LogP contribution in [0.3, 0.4) is 0 Å². The molecule has 1 aromatic carbocycles. The molecule has 0 radical (unpaired) electrons. The number of hydrogen-bond acceptors (Lipinski definition) is 7. The van der Waals surface area contributed by atoms with E-state index in [2.05, 4.69) is 18.7 Å². The summed E-state index contributed by atoms with van der Waals surface area (Å²) in [5.41, 5.74) is 2.04. The molecular weight excluding hydrogens is 438 g/mol. The van der Waals surface area contributed by atoms with Gasteiger partial charge in [0.2, 0.25) is 5.91 Å². The van der Waals surface area contributed by atoms with Crippen molar-refractivity contribution in [2.75, 3.05) is 31.1 Å². The van der Waals surface area contributed by atoms with Gasteiger partial charge in [0.25, 0.3) is 5.69 Å². The van der Waals surface area contributed by atoms with Crippen LogP contribution in [0.4, 0.5) is 11.5 Å². The number of benzene rings is 1. The maximum absolute atomic E-state index is 12.7. The zero-order valence-corrected chi connectivity index (χ0v) is 19.5. The molecule has 1 saturated carbocycles. The predicted molar refractivity (Wildman–Crippen MR) is 130 cm³/mol. The average Bonchev–Trinajstić information content (AvgIpc) is 3.63. The van der Waals surface area contributed by atoms with E-state index in [-0.39, 0.29) is 11.6 Å². The van der Waals surface area contributed by atoms with Crippen LogP contribution in [0.5, 0.6) is 0 Å². The van der Waals surface area contributed by atoms with Crippen molar-refractivity contribution in [3.63, 3.8) is 0 Å². The van der Waals surface area contributed by atoms with Crippen molar-refractivity contribution in [1.29, 1.82) is 0 Å². The van der Waals surface area contributed by atoms with Crippen LogP contribution in [-0.2, 0) is 4.79 Å². The highest BCUT2D eigenvalue weighted by atomic mass is 32.1. The zero-order chi connectivity index (χ0) is 23.1. The number of piperazine rings is 1. The van der Waals surface area contributed by atoms with Crippen LogP contribution in [0.15, 0.2) is 30.3 Å². The molecule has 8 nitrogen and oxygen atoms in total. The molecule has 1 aliphatic carbocycles. The Hall–Kier alpha value is -3.33. The summed E-state index contributed by atoms with van der Waals surface area (Å²) >= 11 is 1.74. The Morgan fingerprint density at radius 2 is 1.82 bits per heavy atom. The smallest absolute Gasteiger partial charge is 0.269 e. The van der Waals surface area contributed by atoms with E-state index in [4.69, 9.17) is 9.97 Å². The third-order valence-corrected chi connectivity index (χ3v) is 7.48. The molecule has 2 fully saturated rings. The van der Waals surface area contributed by atoms with E-state index in [1.807, 2.05) is 4.90 Å². The lowest BCUT2D eigenvalue weighted by Gasteiger charge is -2.35. The maximum Gasteiger partial charge on any atom is 0.269 e. The van der Waals surface area contributed by atoms with Gasteiger partial charge in [-0.3, -0.25) is 14.9 Å². The number of nitrogens with zero attached hydrogens (tertiary/aromatic N) is 5. The second-order valence-electron chi connectivity index (χ2n) is 8.64. The Kier molecular flexibility index (Phi) is 5.57. The van der Waals surface area contributed by atoms with E-state index < -0.39 is 4.92 Å². The first kappa shape index (κ1) is 21.5. The molecule has 1 saturated heterocycles. The van der Waals surface area contributed by atoms with Crippen LogP contribution in [0, 0.1) is 24.0 Å². The minimum atomic E-state index is -0.434. The number of anilines is 1. The first-order chi connectivity index (χ1) is 15.9. The number of rotatable bonds is 5. The molecule has 1 amide bonds. The molecule has 3 heterocycles. The van der Waals surface area contributed by atoms with Crippen LogP contribution < -0.4 is 4.90 Å². The van der Waals surface area contributed by atoms with Crippen molar-refractivity contribution in [2.24, 2.45) is 0 Å². The molecule has 5 rings (SSSR count). The molecule has 0 unspecified atom stereocenters. The summed E-state index contributed by atoms with van der Waals surface area (Å²) < 4.78 is 0. The summed E-state index contributed by atoms with van der Waals surface area (Å²) in [6.45, 7) is 6.96. The predicted octanol–water partition coefficient (Wildman–Crippen LogP) is 4.46. The first-order valence-electron chi connectivity index (χ1n) is 11.1. The van der Waals surface area contributed by atoms with Crippen molar-refractivity contribution in [3.8, 4) is 0 Å². The Bertz CT molecular complexity index is 1260. The molecule has 9 heteroatoms. The fourth-order valence-corrected chi connectivity index (χ4v) is 5.15. The van der Waals surface area contributed by atoms with Gasteiger partial charge in [-0.2, -0.15) is 0 Å². The molecule has 1 aliphatic heterocycles. The van der Waals surface area contributed by atoms with Gasteiger partial charge in [-0.05, 0) is 56.0 Å². The van der Waals surface area contributed by atoms with E-state index in [1.54, 1.807) is 29.5 Å². The summed E-state index contributed by atoms with van der Waals surface area (Å²) in [5, 5.41) is 11.9. The van der Waals surface area contributed by atoms with Crippen LogP contribution in [0.1, 0.15) is 40.6 Å². The number of fused-ring (bicyclic) bond motifs is 1. The number of aromatic nitrogens is 2. The number of non-ortho nitro benzene ring substituents is 1. The fourth-order valence-electron chi connectivity index (χ4n) is 4.12. The van der Waals surface area contributed by atoms with Crippen molar-refractivity contribution >= 4 is 45.0 Å². The molecule has 0 N–H and O–H groups in total. The molecule has 0 bridgehead atoms. The highest BCUT2D eigenvalue weighted by molar-refractivity contribution is 7.18. The van der Waals surface area contributed by atoms with Crippen molar-refractivity contribution in [1.82, 2.24) is 14.9 Å². The normalized spacial score (nSPS) is 16.7. The van der Waals surface area contributed by atoms with E-state index in [9.17, 15) is 14.9 Å². The standard InChI is InChI=1S/C24H25N5O3S/c1-15-16(2)33-24-21(15)23(25-22(26-24)18-6-7-18)28-13-11-27(12-14-28)20(30)10-5-17-3-8-19(9-4-17)29(31)32/h3-5,8-10,18H,6-7,11-14H2,1-2H3/b10-5+. The molecule has 0 spiro atoms. The highest BCUT2D eigenvalue weighted by Crippen LogP contribution is 2.42. The van der Waals surface area contributed by atoms with Crippen LogP contribution >= 0.6 is 11.3 Å². The molecular formula is C24H25N5O3S. The fraction of sp³-hybridized carbons (Fsp3) is 0.375. The average molecular weight is 464 g/mol. The van der Waals surface area contributed by atoms with Gasteiger partial charge in [0.15, 0.2) is 0 Å². The third kappa shape index (κ3) is 4.32. The van der Waals surface area contributed by atoms with Crippen LogP contribution in [0.2, 0.25) is 0 Å². The summed E-state index contributed by atoms with van der Waals surface area (Å²) in [6, 6.07) is 6.16. The van der Waals surface area contributed by atoms with Crippen LogP contribution in [0.25, 0.3) is 16.3 Å². The second kappa shape index (κ2) is 8.55. The Morgan fingerprint density at radius 3 is 2.45 bits per heavy atom. The van der Waals surface area contributed by atoms with Crippen LogP contribution in [-0.4, -0.2) is 51.9 Å². The van der Waals surface area contributed by atoms with Gasteiger partial charge in [-0.15, -0.1) is 11.3 Å². The van der Waals surface area contributed by atoms with Gasteiger partial charge in [0.05, 0.1) is 10.3 Å². The largest absolute Gasteiger partial charge is 0.352 e. The van der Waals surface area contributed by atoms with E-state index in [0.717, 1.165) is 53.4 Å². The summed E-state index contributed by atoms with van der Waals surface area (Å²) in [4.78, 5) is 39.4. The molecule has 0 atom stereocenters. The van der Waals surface area contributed by atoms with Crippen molar-refractivity contribution in [2.45, 2.75) is 32.6 Å². The van der Waals surface area contributed by atoms with Crippen molar-refractivity contribution in [3.05, 3.63) is 62.3 Å². The zero-order valence-electron chi connectivity index (χ0n) is 18.7. The minimum Gasteiger partial charge on any atom is -0.352 e. The SMILES string of the molecule is Cc1sc2nc(C3CC3)nc(N3CCN(C(=O)/C=C/c4ccc([N+](=O)[O-])cc4)CC3)c2c1C. The summed E-state index contributed by atoms with van der Waals surface area (Å²) in [5.74, 6) is 2.41. The van der Waals surface area contributed by atoms with Gasteiger partial charge in [-0.1, -0.05) is 0 Å². The lowest BCUT2D eigenvalue weighted by molar-refractivity contribution is -0.384. The summed E-state index contributed by atoms with van der Waals surface area (Å²) in [6.07, 6.45) is 5.57. The molecule has 2 aliphatic rings. The Morgan fingerprint density at radius 1 is 1.12 bits per heavy atom. The minimum absolute atomic E-state index is 0.0364. The molecule has 3 aromatic rings. The number of aryl methyl sites for hydroxylation is 2. The molecule has 170 valence electrons. The van der Waals surface area contributed by atoms with Gasteiger partial charge in [-0.25, -0.2) is 9.97 Å². The number of hydrogen-bond donors (Lipinski definition) is 0. The third-order valence-electron chi connectivity index (χ3n) is 6.38. The van der Waals surface area contributed by atoms with Gasteiger partial charge in [0.1, 0.15) is 16.5 Å². The first-order valence-corrected chi connectivity index (χ1v) is 12.0. The summed E-state index contributed by atoms with van der Waals surface area (Å²) in [7, 11) is 0. The van der Waals surface area contributed by atoms with E-state index in [0.29, 0.717) is 19.0 Å². The number of nitro groups is 1. The maximum atomic E-state index is 12.7. The van der Waals surface area contributed by atoms with E-state index >= 15 is 0 Å². The van der Waals surface area contributed by atoms with E-state index in [1.165, 1.54) is 28.6 Å².